The van der Waals surface area contributed by atoms with Gasteiger partial charge in [-0.1, -0.05) is 18.2 Å². The topological polar surface area (TPSA) is 38.7 Å². The van der Waals surface area contributed by atoms with Crippen LogP contribution in [-0.2, 0) is 5.04 Å². The second-order valence-corrected chi connectivity index (χ2v) is 1.47. The van der Waals surface area contributed by atoms with Crippen LogP contribution in [0.5, 0.6) is 5.75 Å². The van der Waals surface area contributed by atoms with Crippen LogP contribution in [0.25, 0.3) is 0 Å². The molecule has 1 aromatic rings. The molecule has 0 saturated heterocycles. The summed E-state index contributed by atoms with van der Waals surface area (Å²) in [5.41, 5.74) is 0. The van der Waals surface area contributed by atoms with E-state index in [4.69, 9.17) is 5.26 Å². The van der Waals surface area contributed by atoms with E-state index in [1.807, 2.05) is 6.07 Å². The predicted molar refractivity (Wildman–Crippen MR) is 30.8 cm³/mol. The molecule has 0 radical (unpaired) electrons. The van der Waals surface area contributed by atoms with E-state index in [-0.39, 0.29) is 0 Å². The lowest BCUT2D eigenvalue weighted by Gasteiger charge is -1.94. The van der Waals surface area contributed by atoms with E-state index in [0.29, 0.717) is 5.75 Å². The smallest absolute Gasteiger partial charge is 0.168 e. The molecule has 0 amide bonds. The molecule has 0 spiro atoms. The van der Waals surface area contributed by atoms with Crippen molar-refractivity contribution in [2.45, 2.75) is 0 Å². The molecule has 1 aromatic carbocycles. The second kappa shape index (κ2) is 3.06. The lowest BCUT2D eigenvalue weighted by molar-refractivity contribution is -0.438. The summed E-state index contributed by atoms with van der Waals surface area (Å²) >= 11 is 0. The van der Waals surface area contributed by atoms with Gasteiger partial charge in [-0.15, -0.1) is 0 Å². The maximum atomic E-state index is 7.80. The van der Waals surface area contributed by atoms with Crippen LogP contribution >= 0.6 is 0 Å². The number of benzene rings is 1. The second-order valence-electron chi connectivity index (χ2n) is 1.47. The Labute approximate surface area is 52.3 Å². The zero-order valence-electron chi connectivity index (χ0n) is 4.65. The van der Waals surface area contributed by atoms with E-state index >= 15 is 0 Å². The highest BCUT2D eigenvalue weighted by Gasteiger charge is 1.86. The highest BCUT2D eigenvalue weighted by molar-refractivity contribution is 5.19. The largest absolute Gasteiger partial charge is 0.308 e. The minimum absolute atomic E-state index is 0.472. The van der Waals surface area contributed by atoms with E-state index in [1.165, 1.54) is 0 Å². The van der Waals surface area contributed by atoms with Gasteiger partial charge in [0.05, 0.1) is 0 Å². The third kappa shape index (κ3) is 1.71. The van der Waals surface area contributed by atoms with Crippen LogP contribution in [0, 0.1) is 0 Å². The Morgan fingerprint density at radius 1 is 1.11 bits per heavy atom. The molecule has 0 atom stereocenters. The highest BCUT2D eigenvalue weighted by atomic mass is 17.5. The van der Waals surface area contributed by atoms with E-state index in [9.17, 15) is 0 Å². The van der Waals surface area contributed by atoms with Gasteiger partial charge in [-0.2, -0.15) is 0 Å². The summed E-state index contributed by atoms with van der Waals surface area (Å²) in [5, 5.41) is 11.2. The molecule has 48 valence electrons. The molecule has 0 fully saturated rings. The van der Waals surface area contributed by atoms with Crippen LogP contribution in [0.15, 0.2) is 30.3 Å². The number of para-hydroxylation sites is 1. The van der Waals surface area contributed by atoms with Crippen LogP contribution in [0.2, 0.25) is 0 Å². The third-order valence-corrected chi connectivity index (χ3v) is 0.877. The lowest BCUT2D eigenvalue weighted by Crippen LogP contribution is -1.89. The number of hydrogen-bond acceptors (Lipinski definition) is 3. The van der Waals surface area contributed by atoms with Crippen LogP contribution in [0.1, 0.15) is 0 Å². The van der Waals surface area contributed by atoms with Gasteiger partial charge in [-0.25, -0.2) is 5.26 Å². The van der Waals surface area contributed by atoms with Crippen molar-refractivity contribution in [1.29, 1.82) is 0 Å². The molecule has 0 aliphatic carbocycles. The fourth-order valence-electron chi connectivity index (χ4n) is 0.519. The first-order valence-electron chi connectivity index (χ1n) is 2.46. The van der Waals surface area contributed by atoms with Crippen molar-refractivity contribution < 1.29 is 15.2 Å². The van der Waals surface area contributed by atoms with Gasteiger partial charge in [0.1, 0.15) is 0 Å². The fraction of sp³-hybridized carbons (Fsp3) is 0. The molecule has 0 aromatic heterocycles. The van der Waals surface area contributed by atoms with Gasteiger partial charge in [-0.3, -0.25) is 0 Å². The van der Waals surface area contributed by atoms with Crippen molar-refractivity contribution in [1.82, 2.24) is 0 Å². The van der Waals surface area contributed by atoms with Gasteiger partial charge >= 0.3 is 0 Å². The molecular formula is C6H6O3. The third-order valence-electron chi connectivity index (χ3n) is 0.877. The van der Waals surface area contributed by atoms with E-state index in [0.717, 1.165) is 0 Å². The summed E-state index contributed by atoms with van der Waals surface area (Å²) in [7, 11) is 0. The average molecular weight is 126 g/mol. The molecule has 0 heterocycles. The minimum atomic E-state index is 0.472. The SMILES string of the molecule is OOOc1ccccc1. The van der Waals surface area contributed by atoms with Crippen LogP contribution < -0.4 is 4.89 Å². The van der Waals surface area contributed by atoms with Crippen molar-refractivity contribution in [2.75, 3.05) is 0 Å². The summed E-state index contributed by atoms with van der Waals surface area (Å²) in [5.74, 6) is 0.472. The Morgan fingerprint density at radius 2 is 1.78 bits per heavy atom. The van der Waals surface area contributed by atoms with Gasteiger partial charge in [0, 0.05) is 0 Å². The molecule has 0 unspecified atom stereocenters. The fourth-order valence-corrected chi connectivity index (χ4v) is 0.519. The Hall–Kier alpha value is -1.06. The monoisotopic (exact) mass is 126 g/mol. The van der Waals surface area contributed by atoms with Crippen molar-refractivity contribution in [3.8, 4) is 5.75 Å². The zero-order valence-corrected chi connectivity index (χ0v) is 4.65. The zero-order chi connectivity index (χ0) is 6.53. The molecule has 0 bridgehead atoms. The molecular weight excluding hydrogens is 120 g/mol. The summed E-state index contributed by atoms with van der Waals surface area (Å²) < 4.78 is 0. The van der Waals surface area contributed by atoms with E-state index < -0.39 is 0 Å². The van der Waals surface area contributed by atoms with Crippen molar-refractivity contribution in [2.24, 2.45) is 0 Å². The van der Waals surface area contributed by atoms with E-state index in [2.05, 4.69) is 9.93 Å². The summed E-state index contributed by atoms with van der Waals surface area (Å²) in [4.78, 5) is 4.26. The van der Waals surface area contributed by atoms with Gasteiger partial charge in [-0.05, 0) is 17.2 Å². The summed E-state index contributed by atoms with van der Waals surface area (Å²) in [6, 6.07) is 8.71. The van der Waals surface area contributed by atoms with E-state index in [1.54, 1.807) is 24.3 Å². The van der Waals surface area contributed by atoms with Gasteiger partial charge in [0.25, 0.3) is 0 Å². The molecule has 1 rings (SSSR count). The van der Waals surface area contributed by atoms with Gasteiger partial charge < -0.3 is 4.89 Å². The molecule has 0 saturated carbocycles. The maximum absolute atomic E-state index is 7.80. The average Bonchev–Trinajstić information content (AvgIpc) is 1.91. The molecule has 3 nitrogen and oxygen atoms in total. The Kier molecular flexibility index (Phi) is 2.06. The van der Waals surface area contributed by atoms with Gasteiger partial charge in [0.2, 0.25) is 0 Å². The molecule has 9 heavy (non-hydrogen) atoms. The first kappa shape index (κ1) is 6.07. The molecule has 3 heteroatoms. The standard InChI is InChI=1S/C6H6O3/c7-9-8-6-4-2-1-3-5-6/h1-5,7H. The van der Waals surface area contributed by atoms with Gasteiger partial charge in [0.15, 0.2) is 5.75 Å². The first-order chi connectivity index (χ1) is 4.43. The van der Waals surface area contributed by atoms with Crippen LogP contribution in [0.4, 0.5) is 0 Å². The Bertz CT molecular complexity index is 161. The van der Waals surface area contributed by atoms with Crippen LogP contribution in [0.3, 0.4) is 0 Å². The summed E-state index contributed by atoms with van der Waals surface area (Å²) in [6.45, 7) is 0. The van der Waals surface area contributed by atoms with Crippen molar-refractivity contribution >= 4 is 0 Å². The quantitative estimate of drug-likeness (QED) is 0.481. The first-order valence-corrected chi connectivity index (χ1v) is 2.46. The highest BCUT2D eigenvalue weighted by Crippen LogP contribution is 2.07. The van der Waals surface area contributed by atoms with Crippen molar-refractivity contribution in [3.05, 3.63) is 30.3 Å². The Balaban J connectivity index is 2.61. The molecule has 0 aliphatic rings. The van der Waals surface area contributed by atoms with Crippen LogP contribution in [-0.4, -0.2) is 5.26 Å². The maximum Gasteiger partial charge on any atom is 0.168 e. The minimum Gasteiger partial charge on any atom is -0.308 e. The number of rotatable bonds is 2. The van der Waals surface area contributed by atoms with Crippen molar-refractivity contribution in [3.63, 3.8) is 0 Å². The Morgan fingerprint density at radius 3 is 2.33 bits per heavy atom. The lowest BCUT2D eigenvalue weighted by atomic mass is 10.3. The number of hydrogen-bond donors (Lipinski definition) is 1. The normalized spacial score (nSPS) is 9.00. The predicted octanol–water partition coefficient (Wildman–Crippen LogP) is 1.47. The summed E-state index contributed by atoms with van der Waals surface area (Å²) in [6.07, 6.45) is 0. The molecule has 0 aliphatic heterocycles. The molecule has 1 N–H and O–H groups in total.